The number of carbonyl (C=O) groups excluding carboxylic acids is 2. The third-order valence-electron chi connectivity index (χ3n) is 1.96. The van der Waals surface area contributed by atoms with E-state index in [1.54, 1.807) is 6.08 Å². The standard InChI is InChI=1S/C12H20O3/c1-4-5-6-7-12(15-11(3)14)9-8-10(2)13/h8-9,12H,4-7H2,1-3H3/b9-8+. The number of hydrogen-bond donors (Lipinski definition) is 0. The molecule has 0 saturated carbocycles. The van der Waals surface area contributed by atoms with E-state index in [1.807, 2.05) is 0 Å². The van der Waals surface area contributed by atoms with Crippen LogP contribution in [0.25, 0.3) is 0 Å². The molecule has 1 unspecified atom stereocenters. The molecule has 15 heavy (non-hydrogen) atoms. The highest BCUT2D eigenvalue weighted by molar-refractivity contribution is 5.87. The van der Waals surface area contributed by atoms with Crippen LogP contribution in [0.15, 0.2) is 12.2 Å². The van der Waals surface area contributed by atoms with Crippen molar-refractivity contribution < 1.29 is 14.3 Å². The molecule has 0 fully saturated rings. The van der Waals surface area contributed by atoms with Crippen molar-refractivity contribution in [2.24, 2.45) is 0 Å². The fourth-order valence-corrected chi connectivity index (χ4v) is 1.25. The zero-order chi connectivity index (χ0) is 11.7. The van der Waals surface area contributed by atoms with Gasteiger partial charge in [-0.25, -0.2) is 0 Å². The Balaban J connectivity index is 4.05. The van der Waals surface area contributed by atoms with E-state index in [-0.39, 0.29) is 17.9 Å². The second-order valence-corrected chi connectivity index (χ2v) is 3.61. The van der Waals surface area contributed by atoms with Gasteiger partial charge in [0.1, 0.15) is 6.10 Å². The molecule has 0 heterocycles. The van der Waals surface area contributed by atoms with Gasteiger partial charge in [-0.15, -0.1) is 0 Å². The number of ether oxygens (including phenoxy) is 1. The summed E-state index contributed by atoms with van der Waals surface area (Å²) in [6.45, 7) is 4.98. The molecule has 0 radical (unpaired) electrons. The average Bonchev–Trinajstić information content (AvgIpc) is 2.13. The fraction of sp³-hybridized carbons (Fsp3) is 0.667. The summed E-state index contributed by atoms with van der Waals surface area (Å²) >= 11 is 0. The van der Waals surface area contributed by atoms with Gasteiger partial charge in [-0.05, 0) is 31.9 Å². The van der Waals surface area contributed by atoms with E-state index in [4.69, 9.17) is 4.74 Å². The Morgan fingerprint density at radius 1 is 1.27 bits per heavy atom. The van der Waals surface area contributed by atoms with Crippen LogP contribution in [0.1, 0.15) is 46.5 Å². The molecular weight excluding hydrogens is 192 g/mol. The van der Waals surface area contributed by atoms with Crippen molar-refractivity contribution in [3.05, 3.63) is 12.2 Å². The topological polar surface area (TPSA) is 43.4 Å². The van der Waals surface area contributed by atoms with Crippen molar-refractivity contribution in [3.63, 3.8) is 0 Å². The number of carbonyl (C=O) groups is 2. The van der Waals surface area contributed by atoms with Crippen molar-refractivity contribution in [2.45, 2.75) is 52.6 Å². The quantitative estimate of drug-likeness (QED) is 0.370. The Hall–Kier alpha value is -1.12. The molecule has 0 N–H and O–H groups in total. The summed E-state index contributed by atoms with van der Waals surface area (Å²) < 4.78 is 5.07. The fourth-order valence-electron chi connectivity index (χ4n) is 1.25. The lowest BCUT2D eigenvalue weighted by Gasteiger charge is -2.12. The van der Waals surface area contributed by atoms with Gasteiger partial charge in [0.15, 0.2) is 5.78 Å². The summed E-state index contributed by atoms with van der Waals surface area (Å²) in [5.41, 5.74) is 0. The first-order valence-electron chi connectivity index (χ1n) is 5.42. The molecule has 1 atom stereocenters. The molecule has 86 valence electrons. The van der Waals surface area contributed by atoms with Gasteiger partial charge in [-0.1, -0.05) is 19.8 Å². The Kier molecular flexibility index (Phi) is 7.60. The molecule has 3 nitrogen and oxygen atoms in total. The number of hydrogen-bond acceptors (Lipinski definition) is 3. The van der Waals surface area contributed by atoms with Crippen molar-refractivity contribution in [3.8, 4) is 0 Å². The minimum Gasteiger partial charge on any atom is -0.458 e. The van der Waals surface area contributed by atoms with E-state index in [0.717, 1.165) is 25.7 Å². The van der Waals surface area contributed by atoms with Gasteiger partial charge in [0.25, 0.3) is 0 Å². The van der Waals surface area contributed by atoms with Crippen molar-refractivity contribution >= 4 is 11.8 Å². The zero-order valence-electron chi connectivity index (χ0n) is 9.79. The van der Waals surface area contributed by atoms with E-state index < -0.39 is 0 Å². The van der Waals surface area contributed by atoms with E-state index in [0.29, 0.717) is 0 Å². The normalized spacial score (nSPS) is 12.7. The number of ketones is 1. The lowest BCUT2D eigenvalue weighted by atomic mass is 10.1. The van der Waals surface area contributed by atoms with E-state index in [2.05, 4.69) is 6.92 Å². The van der Waals surface area contributed by atoms with E-state index >= 15 is 0 Å². The lowest BCUT2D eigenvalue weighted by molar-refractivity contribution is -0.144. The SMILES string of the molecule is CCCCCC(/C=C/C(C)=O)OC(C)=O. The molecule has 0 amide bonds. The molecule has 3 heteroatoms. The predicted molar refractivity (Wildman–Crippen MR) is 59.5 cm³/mol. The van der Waals surface area contributed by atoms with Crippen LogP contribution in [0.3, 0.4) is 0 Å². The lowest BCUT2D eigenvalue weighted by Crippen LogP contribution is -2.13. The molecular formula is C12H20O3. The van der Waals surface area contributed by atoms with Crippen LogP contribution in [-0.4, -0.2) is 17.9 Å². The van der Waals surface area contributed by atoms with Crippen LogP contribution in [0.2, 0.25) is 0 Å². The summed E-state index contributed by atoms with van der Waals surface area (Å²) in [6.07, 6.45) is 6.92. The van der Waals surface area contributed by atoms with Crippen molar-refractivity contribution in [1.29, 1.82) is 0 Å². The Bertz CT molecular complexity index is 231. The highest BCUT2D eigenvalue weighted by atomic mass is 16.5. The molecule has 0 aliphatic rings. The van der Waals surface area contributed by atoms with Gasteiger partial charge in [-0.2, -0.15) is 0 Å². The van der Waals surface area contributed by atoms with Crippen molar-refractivity contribution in [2.75, 3.05) is 0 Å². The second kappa shape index (κ2) is 8.21. The molecule has 0 bridgehead atoms. The average molecular weight is 212 g/mol. The first-order chi connectivity index (χ1) is 7.06. The predicted octanol–water partition coefficient (Wildman–Crippen LogP) is 2.64. The third kappa shape index (κ3) is 9.19. The summed E-state index contributed by atoms with van der Waals surface area (Å²) in [7, 11) is 0. The monoisotopic (exact) mass is 212 g/mol. The Morgan fingerprint density at radius 3 is 2.40 bits per heavy atom. The maximum absolute atomic E-state index is 10.8. The largest absolute Gasteiger partial charge is 0.458 e. The van der Waals surface area contributed by atoms with Crippen LogP contribution in [0.5, 0.6) is 0 Å². The van der Waals surface area contributed by atoms with Crippen LogP contribution in [0.4, 0.5) is 0 Å². The number of esters is 1. The molecule has 0 aliphatic carbocycles. The van der Waals surface area contributed by atoms with Crippen LogP contribution >= 0.6 is 0 Å². The van der Waals surface area contributed by atoms with Crippen LogP contribution in [0, 0.1) is 0 Å². The highest BCUT2D eigenvalue weighted by Crippen LogP contribution is 2.08. The Morgan fingerprint density at radius 2 is 1.93 bits per heavy atom. The molecule has 0 aliphatic heterocycles. The molecule has 0 saturated heterocycles. The smallest absolute Gasteiger partial charge is 0.303 e. The molecule has 0 aromatic carbocycles. The van der Waals surface area contributed by atoms with Gasteiger partial charge in [-0.3, -0.25) is 9.59 Å². The summed E-state index contributed by atoms with van der Waals surface area (Å²) in [4.78, 5) is 21.5. The summed E-state index contributed by atoms with van der Waals surface area (Å²) in [5, 5.41) is 0. The van der Waals surface area contributed by atoms with Crippen LogP contribution in [-0.2, 0) is 14.3 Å². The summed E-state index contributed by atoms with van der Waals surface area (Å²) in [6, 6.07) is 0. The van der Waals surface area contributed by atoms with Gasteiger partial charge in [0.2, 0.25) is 0 Å². The highest BCUT2D eigenvalue weighted by Gasteiger charge is 2.07. The molecule has 0 aromatic rings. The first-order valence-corrected chi connectivity index (χ1v) is 5.42. The zero-order valence-corrected chi connectivity index (χ0v) is 9.79. The Labute approximate surface area is 91.5 Å². The van der Waals surface area contributed by atoms with E-state index in [1.165, 1.54) is 19.9 Å². The van der Waals surface area contributed by atoms with Crippen molar-refractivity contribution in [1.82, 2.24) is 0 Å². The minimum absolute atomic E-state index is 0.0253. The first kappa shape index (κ1) is 13.9. The van der Waals surface area contributed by atoms with Gasteiger partial charge in [0, 0.05) is 6.92 Å². The third-order valence-corrected chi connectivity index (χ3v) is 1.96. The van der Waals surface area contributed by atoms with Gasteiger partial charge < -0.3 is 4.74 Å². The second-order valence-electron chi connectivity index (χ2n) is 3.61. The van der Waals surface area contributed by atoms with Gasteiger partial charge in [0.05, 0.1) is 0 Å². The number of unbranched alkanes of at least 4 members (excludes halogenated alkanes) is 2. The molecule has 0 spiro atoms. The maximum atomic E-state index is 10.8. The maximum Gasteiger partial charge on any atom is 0.303 e. The molecule has 0 rings (SSSR count). The minimum atomic E-state index is -0.301. The van der Waals surface area contributed by atoms with E-state index in [9.17, 15) is 9.59 Å². The number of rotatable bonds is 7. The summed E-state index contributed by atoms with van der Waals surface area (Å²) in [5.74, 6) is -0.327. The number of allylic oxidation sites excluding steroid dienone is 1. The van der Waals surface area contributed by atoms with Crippen LogP contribution < -0.4 is 0 Å². The van der Waals surface area contributed by atoms with Gasteiger partial charge >= 0.3 is 5.97 Å². The molecule has 0 aromatic heterocycles.